The molecule has 0 aliphatic heterocycles. The summed E-state index contributed by atoms with van der Waals surface area (Å²) < 4.78 is 30.2. The first kappa shape index (κ1) is 29.7. The highest BCUT2D eigenvalue weighted by atomic mass is 35.5. The van der Waals surface area contributed by atoms with Crippen LogP contribution in [-0.4, -0.2) is 31.7 Å². The highest BCUT2D eigenvalue weighted by Crippen LogP contribution is 2.29. The Bertz CT molecular complexity index is 1720. The molecule has 0 unspecified atom stereocenters. The van der Waals surface area contributed by atoms with Crippen molar-refractivity contribution in [1.82, 2.24) is 9.99 Å². The number of aryl methyl sites for hydroxylation is 3. The minimum Gasteiger partial charge on any atom is -0.318 e. The number of aromatic nitrogens is 1. The molecule has 1 aromatic heterocycles. The first-order valence-corrected chi connectivity index (χ1v) is 14.8. The number of benzene rings is 3. The van der Waals surface area contributed by atoms with Gasteiger partial charge in [-0.15, -0.1) is 0 Å². The number of anilines is 1. The Balaban J connectivity index is 1.57. The van der Waals surface area contributed by atoms with Gasteiger partial charge >= 0.3 is 0 Å². The number of hydrazone groups is 1. The third kappa shape index (κ3) is 6.36. The molecule has 1 amide bonds. The van der Waals surface area contributed by atoms with Crippen LogP contribution in [0.1, 0.15) is 28.1 Å². The fourth-order valence-electron chi connectivity index (χ4n) is 4.17. The number of carbonyl (C=O) groups excluding carboxylic acids is 1. The van der Waals surface area contributed by atoms with E-state index in [4.69, 9.17) is 34.8 Å². The molecule has 0 atom stereocenters. The average molecular weight is 618 g/mol. The number of amides is 1. The summed E-state index contributed by atoms with van der Waals surface area (Å²) in [7, 11) is -4.08. The van der Waals surface area contributed by atoms with E-state index in [2.05, 4.69) is 10.5 Å². The lowest BCUT2D eigenvalue weighted by molar-refractivity contribution is -0.119. The van der Waals surface area contributed by atoms with Crippen molar-refractivity contribution in [3.8, 4) is 5.69 Å². The summed E-state index contributed by atoms with van der Waals surface area (Å²) >= 11 is 18.6. The van der Waals surface area contributed by atoms with E-state index in [1.807, 2.05) is 44.4 Å². The van der Waals surface area contributed by atoms with Gasteiger partial charge < -0.3 is 4.57 Å². The molecule has 11 heteroatoms. The first-order valence-electron chi connectivity index (χ1n) is 12.2. The highest BCUT2D eigenvalue weighted by Gasteiger charge is 2.27. The summed E-state index contributed by atoms with van der Waals surface area (Å²) in [6, 6.07) is 18.5. The van der Waals surface area contributed by atoms with Crippen molar-refractivity contribution in [3.05, 3.63) is 110 Å². The van der Waals surface area contributed by atoms with Crippen LogP contribution in [0.4, 0.5) is 5.69 Å². The molecule has 0 saturated carbocycles. The van der Waals surface area contributed by atoms with E-state index in [0.717, 1.165) is 38.1 Å². The van der Waals surface area contributed by atoms with E-state index < -0.39 is 22.5 Å². The van der Waals surface area contributed by atoms with Crippen LogP contribution in [0.3, 0.4) is 0 Å². The third-order valence-electron chi connectivity index (χ3n) is 6.36. The molecule has 0 aliphatic carbocycles. The van der Waals surface area contributed by atoms with Gasteiger partial charge in [0.1, 0.15) is 6.54 Å². The van der Waals surface area contributed by atoms with Crippen molar-refractivity contribution < 1.29 is 13.2 Å². The predicted octanol–water partition coefficient (Wildman–Crippen LogP) is 7.02. The monoisotopic (exact) mass is 616 g/mol. The summed E-state index contributed by atoms with van der Waals surface area (Å²) in [6.45, 7) is 7.02. The van der Waals surface area contributed by atoms with Gasteiger partial charge in [-0.05, 0) is 81.8 Å². The smallest absolute Gasteiger partial charge is 0.264 e. The molecule has 4 aromatic rings. The topological polar surface area (TPSA) is 83.8 Å². The van der Waals surface area contributed by atoms with Gasteiger partial charge in [0.15, 0.2) is 0 Å². The number of hydrogen-bond donors (Lipinski definition) is 1. The lowest BCUT2D eigenvalue weighted by Gasteiger charge is -2.24. The Morgan fingerprint density at radius 1 is 0.900 bits per heavy atom. The number of nitrogens with one attached hydrogen (secondary N) is 1. The van der Waals surface area contributed by atoms with Crippen molar-refractivity contribution in [1.29, 1.82) is 0 Å². The standard InChI is InChI=1S/C29H27Cl3N4O3S/c1-18-5-10-25(11-6-18)40(38,39)35(23-8-7-19(2)27(31)14-23)17-29(37)34-33-16-22-13-20(3)36(21(22)4)24-9-12-26(30)28(32)15-24/h5-16H,17H2,1-4H3,(H,34,37)/b33-16+. The summed E-state index contributed by atoms with van der Waals surface area (Å²) in [4.78, 5) is 13.0. The number of carbonyl (C=O) groups is 1. The second-order valence-corrected chi connectivity index (χ2v) is 12.4. The second-order valence-electron chi connectivity index (χ2n) is 9.31. The molecule has 0 bridgehead atoms. The summed E-state index contributed by atoms with van der Waals surface area (Å²) in [5, 5.41) is 5.38. The molecule has 0 saturated heterocycles. The lowest BCUT2D eigenvalue weighted by Crippen LogP contribution is -2.39. The minimum absolute atomic E-state index is 0.0563. The zero-order chi connectivity index (χ0) is 29.2. The van der Waals surface area contributed by atoms with Crippen LogP contribution in [0.15, 0.2) is 76.7 Å². The SMILES string of the molecule is Cc1ccc(S(=O)(=O)N(CC(=O)N/N=C/c2cc(C)n(-c3ccc(Cl)c(Cl)c3)c2C)c2ccc(C)c(Cl)c2)cc1. The van der Waals surface area contributed by atoms with E-state index in [1.54, 1.807) is 36.4 Å². The molecule has 4 rings (SSSR count). The minimum atomic E-state index is -4.08. The Kier molecular flexibility index (Phi) is 8.95. The van der Waals surface area contributed by atoms with Crippen LogP contribution in [-0.2, 0) is 14.8 Å². The molecule has 208 valence electrons. The largest absolute Gasteiger partial charge is 0.318 e. The second kappa shape index (κ2) is 12.1. The Morgan fingerprint density at radius 2 is 1.60 bits per heavy atom. The van der Waals surface area contributed by atoms with Crippen molar-refractivity contribution in [2.75, 3.05) is 10.8 Å². The van der Waals surface area contributed by atoms with Crippen LogP contribution < -0.4 is 9.73 Å². The quantitative estimate of drug-likeness (QED) is 0.170. The van der Waals surface area contributed by atoms with Crippen LogP contribution in [0.5, 0.6) is 0 Å². The molecule has 0 radical (unpaired) electrons. The average Bonchev–Trinajstić information content (AvgIpc) is 3.18. The van der Waals surface area contributed by atoms with Gasteiger partial charge in [-0.3, -0.25) is 9.10 Å². The fraction of sp³-hybridized carbons (Fsp3) is 0.172. The molecule has 1 N–H and O–H groups in total. The van der Waals surface area contributed by atoms with Gasteiger partial charge in [-0.1, -0.05) is 58.6 Å². The molecule has 7 nitrogen and oxygen atoms in total. The van der Waals surface area contributed by atoms with Crippen molar-refractivity contribution in [2.45, 2.75) is 32.6 Å². The van der Waals surface area contributed by atoms with Gasteiger partial charge in [0.2, 0.25) is 0 Å². The molecular formula is C29H27Cl3N4O3S. The number of rotatable bonds is 8. The molecule has 3 aromatic carbocycles. The first-order chi connectivity index (χ1) is 18.9. The molecule has 40 heavy (non-hydrogen) atoms. The van der Waals surface area contributed by atoms with E-state index in [0.29, 0.717) is 15.1 Å². The molecule has 0 aliphatic rings. The maximum Gasteiger partial charge on any atom is 0.264 e. The van der Waals surface area contributed by atoms with Crippen LogP contribution in [0, 0.1) is 27.7 Å². The Hall–Kier alpha value is -3.30. The van der Waals surface area contributed by atoms with Crippen LogP contribution >= 0.6 is 34.8 Å². The van der Waals surface area contributed by atoms with E-state index >= 15 is 0 Å². The summed E-state index contributed by atoms with van der Waals surface area (Å²) in [6.07, 6.45) is 1.51. The number of sulfonamides is 1. The van der Waals surface area contributed by atoms with Gasteiger partial charge in [0, 0.05) is 27.7 Å². The molecule has 0 fully saturated rings. The Labute approximate surface area is 249 Å². The van der Waals surface area contributed by atoms with E-state index in [1.165, 1.54) is 24.4 Å². The van der Waals surface area contributed by atoms with E-state index in [-0.39, 0.29) is 10.6 Å². The normalized spacial score (nSPS) is 11.7. The number of nitrogens with zero attached hydrogens (tertiary/aromatic N) is 3. The van der Waals surface area contributed by atoms with Crippen LogP contribution in [0.25, 0.3) is 5.69 Å². The third-order valence-corrected chi connectivity index (χ3v) is 9.30. The molecule has 1 heterocycles. The van der Waals surface area contributed by atoms with Gasteiger partial charge in [0.25, 0.3) is 15.9 Å². The van der Waals surface area contributed by atoms with Gasteiger partial charge in [-0.25, -0.2) is 13.8 Å². The predicted molar refractivity (Wildman–Crippen MR) is 163 cm³/mol. The molecular weight excluding hydrogens is 591 g/mol. The zero-order valence-corrected chi connectivity index (χ0v) is 25.3. The highest BCUT2D eigenvalue weighted by molar-refractivity contribution is 7.92. The van der Waals surface area contributed by atoms with Crippen molar-refractivity contribution in [2.24, 2.45) is 5.10 Å². The zero-order valence-electron chi connectivity index (χ0n) is 22.2. The fourth-order valence-corrected chi connectivity index (χ4v) is 6.05. The maximum atomic E-state index is 13.6. The van der Waals surface area contributed by atoms with Gasteiger partial charge in [-0.2, -0.15) is 5.10 Å². The molecule has 0 spiro atoms. The Morgan fingerprint density at radius 3 is 2.25 bits per heavy atom. The summed E-state index contributed by atoms with van der Waals surface area (Å²) in [5.41, 5.74) is 7.80. The summed E-state index contributed by atoms with van der Waals surface area (Å²) in [5.74, 6) is -0.623. The van der Waals surface area contributed by atoms with Crippen LogP contribution in [0.2, 0.25) is 15.1 Å². The van der Waals surface area contributed by atoms with Crippen molar-refractivity contribution >= 4 is 62.6 Å². The van der Waals surface area contributed by atoms with Crippen molar-refractivity contribution in [3.63, 3.8) is 0 Å². The number of hydrogen-bond acceptors (Lipinski definition) is 4. The number of halogens is 3. The van der Waals surface area contributed by atoms with Gasteiger partial charge in [0.05, 0.1) is 26.8 Å². The van der Waals surface area contributed by atoms with E-state index in [9.17, 15) is 13.2 Å². The lowest BCUT2D eigenvalue weighted by atomic mass is 10.2. The maximum absolute atomic E-state index is 13.6.